The average molecular weight is 292 g/mol. The maximum Gasteiger partial charge on any atom is 0.272 e. The van der Waals surface area contributed by atoms with Crippen LogP contribution in [0, 0.1) is 0 Å². The minimum atomic E-state index is -0.301. The van der Waals surface area contributed by atoms with Gasteiger partial charge in [0.05, 0.1) is 13.2 Å². The first kappa shape index (κ1) is 14.3. The molecule has 0 bridgehead atoms. The van der Waals surface area contributed by atoms with Gasteiger partial charge in [-0.3, -0.25) is 4.79 Å². The summed E-state index contributed by atoms with van der Waals surface area (Å²) in [5, 5.41) is 10.5. The normalized spacial score (nSPS) is 11.8. The van der Waals surface area contributed by atoms with E-state index in [1.54, 1.807) is 7.11 Å². The first-order valence-corrected chi connectivity index (χ1v) is 6.42. The number of hydrogen-bond acceptors (Lipinski definition) is 4. The SMILES string of the molecule is COc1cccc(C(C)NC(=O)c2ccc(Cl)nn2)c1. The first-order chi connectivity index (χ1) is 9.60. The van der Waals surface area contributed by atoms with Crippen LogP contribution >= 0.6 is 11.6 Å². The molecule has 1 amide bonds. The van der Waals surface area contributed by atoms with Crippen LogP contribution in [0.5, 0.6) is 5.75 Å². The third kappa shape index (κ3) is 3.45. The highest BCUT2D eigenvalue weighted by molar-refractivity contribution is 6.29. The van der Waals surface area contributed by atoms with Gasteiger partial charge >= 0.3 is 0 Å². The average Bonchev–Trinajstić information content (AvgIpc) is 2.47. The predicted molar refractivity (Wildman–Crippen MR) is 75.9 cm³/mol. The quantitative estimate of drug-likeness (QED) is 0.940. The second-order valence-electron chi connectivity index (χ2n) is 4.21. The molecule has 0 radical (unpaired) electrons. The van der Waals surface area contributed by atoms with Crippen molar-refractivity contribution in [1.29, 1.82) is 0 Å². The third-order valence-corrected chi connectivity index (χ3v) is 3.01. The Morgan fingerprint density at radius 1 is 1.30 bits per heavy atom. The summed E-state index contributed by atoms with van der Waals surface area (Å²) in [7, 11) is 1.60. The molecule has 1 unspecified atom stereocenters. The van der Waals surface area contributed by atoms with Gasteiger partial charge in [-0.25, -0.2) is 0 Å². The number of ether oxygens (including phenoxy) is 1. The molecule has 0 spiro atoms. The zero-order valence-corrected chi connectivity index (χ0v) is 11.9. The fourth-order valence-electron chi connectivity index (χ4n) is 1.70. The van der Waals surface area contributed by atoms with Crippen LogP contribution in [-0.2, 0) is 0 Å². The van der Waals surface area contributed by atoms with Crippen molar-refractivity contribution in [2.75, 3.05) is 7.11 Å². The minimum Gasteiger partial charge on any atom is -0.497 e. The van der Waals surface area contributed by atoms with E-state index in [0.717, 1.165) is 11.3 Å². The number of benzene rings is 1. The van der Waals surface area contributed by atoms with E-state index in [0.29, 0.717) is 0 Å². The van der Waals surface area contributed by atoms with Crippen molar-refractivity contribution in [2.24, 2.45) is 0 Å². The number of amides is 1. The Morgan fingerprint density at radius 2 is 2.10 bits per heavy atom. The molecule has 6 heteroatoms. The summed E-state index contributed by atoms with van der Waals surface area (Å²) in [6, 6.07) is 10.4. The zero-order chi connectivity index (χ0) is 14.5. The Kier molecular flexibility index (Phi) is 4.53. The molecule has 0 fully saturated rings. The van der Waals surface area contributed by atoms with E-state index in [1.165, 1.54) is 12.1 Å². The minimum absolute atomic E-state index is 0.171. The number of nitrogens with zero attached hydrogens (tertiary/aromatic N) is 2. The van der Waals surface area contributed by atoms with Crippen molar-refractivity contribution in [3.05, 3.63) is 52.8 Å². The van der Waals surface area contributed by atoms with Crippen LogP contribution in [-0.4, -0.2) is 23.2 Å². The highest BCUT2D eigenvalue weighted by atomic mass is 35.5. The highest BCUT2D eigenvalue weighted by Crippen LogP contribution is 2.19. The monoisotopic (exact) mass is 291 g/mol. The van der Waals surface area contributed by atoms with Gasteiger partial charge in [0.15, 0.2) is 10.8 Å². The Balaban J connectivity index is 2.08. The molecule has 1 N–H and O–H groups in total. The van der Waals surface area contributed by atoms with E-state index in [4.69, 9.17) is 16.3 Å². The second kappa shape index (κ2) is 6.34. The lowest BCUT2D eigenvalue weighted by molar-refractivity contribution is 0.0933. The molecule has 1 aromatic heterocycles. The molecule has 0 aliphatic rings. The van der Waals surface area contributed by atoms with Gasteiger partial charge in [0, 0.05) is 0 Å². The van der Waals surface area contributed by atoms with Crippen LogP contribution in [0.15, 0.2) is 36.4 Å². The molecule has 0 saturated heterocycles. The molecule has 0 aliphatic heterocycles. The summed E-state index contributed by atoms with van der Waals surface area (Å²) in [5.74, 6) is 0.444. The Morgan fingerprint density at radius 3 is 2.75 bits per heavy atom. The number of carbonyl (C=O) groups is 1. The van der Waals surface area contributed by atoms with Gasteiger partial charge in [-0.2, -0.15) is 0 Å². The topological polar surface area (TPSA) is 64.1 Å². The molecule has 1 heterocycles. The van der Waals surface area contributed by atoms with E-state index in [2.05, 4.69) is 15.5 Å². The Labute approximate surface area is 121 Å². The standard InChI is InChI=1S/C14H14ClN3O2/c1-9(10-4-3-5-11(8-10)20-2)16-14(19)12-6-7-13(15)18-17-12/h3-9H,1-2H3,(H,16,19). The summed E-state index contributed by atoms with van der Waals surface area (Å²) < 4.78 is 5.16. The molecule has 20 heavy (non-hydrogen) atoms. The fourth-order valence-corrected chi connectivity index (χ4v) is 1.80. The molecule has 1 atom stereocenters. The van der Waals surface area contributed by atoms with E-state index in [9.17, 15) is 4.79 Å². The maximum absolute atomic E-state index is 12.0. The lowest BCUT2D eigenvalue weighted by atomic mass is 10.1. The first-order valence-electron chi connectivity index (χ1n) is 6.04. The highest BCUT2D eigenvalue weighted by Gasteiger charge is 2.13. The van der Waals surface area contributed by atoms with Crippen LogP contribution in [0.2, 0.25) is 5.15 Å². The molecule has 104 valence electrons. The number of hydrogen-bond donors (Lipinski definition) is 1. The molecule has 0 saturated carbocycles. The zero-order valence-electron chi connectivity index (χ0n) is 11.1. The third-order valence-electron chi connectivity index (χ3n) is 2.81. The van der Waals surface area contributed by atoms with Gasteiger partial charge in [0.25, 0.3) is 5.91 Å². The number of rotatable bonds is 4. The number of methoxy groups -OCH3 is 1. The second-order valence-corrected chi connectivity index (χ2v) is 4.60. The van der Waals surface area contributed by atoms with Gasteiger partial charge in [0.1, 0.15) is 5.75 Å². The Hall–Kier alpha value is -2.14. The molecule has 0 aliphatic carbocycles. The van der Waals surface area contributed by atoms with Gasteiger partial charge in [-0.1, -0.05) is 23.7 Å². The van der Waals surface area contributed by atoms with Crippen molar-refractivity contribution in [1.82, 2.24) is 15.5 Å². The molecule has 2 aromatic rings. The lowest BCUT2D eigenvalue weighted by Crippen LogP contribution is -2.27. The molecular formula is C14H14ClN3O2. The van der Waals surface area contributed by atoms with Gasteiger partial charge in [-0.15, -0.1) is 10.2 Å². The number of aromatic nitrogens is 2. The van der Waals surface area contributed by atoms with E-state index >= 15 is 0 Å². The molecular weight excluding hydrogens is 278 g/mol. The van der Waals surface area contributed by atoms with Crippen molar-refractivity contribution in [3.63, 3.8) is 0 Å². The van der Waals surface area contributed by atoms with Crippen molar-refractivity contribution in [3.8, 4) is 5.75 Å². The number of carbonyl (C=O) groups excluding carboxylic acids is 1. The molecule has 5 nitrogen and oxygen atoms in total. The van der Waals surface area contributed by atoms with E-state index < -0.39 is 0 Å². The van der Waals surface area contributed by atoms with Crippen molar-refractivity contribution < 1.29 is 9.53 Å². The van der Waals surface area contributed by atoms with Gasteiger partial charge in [-0.05, 0) is 36.8 Å². The summed E-state index contributed by atoms with van der Waals surface area (Å²) >= 11 is 5.63. The van der Waals surface area contributed by atoms with Crippen LogP contribution in [0.3, 0.4) is 0 Å². The smallest absolute Gasteiger partial charge is 0.272 e. The van der Waals surface area contributed by atoms with Gasteiger partial charge < -0.3 is 10.1 Å². The van der Waals surface area contributed by atoms with E-state index in [-0.39, 0.29) is 22.8 Å². The van der Waals surface area contributed by atoms with E-state index in [1.807, 2.05) is 31.2 Å². The molecule has 1 aromatic carbocycles. The van der Waals surface area contributed by atoms with Gasteiger partial charge in [0.2, 0.25) is 0 Å². The summed E-state index contributed by atoms with van der Waals surface area (Å²) in [6.07, 6.45) is 0. The molecule has 2 rings (SSSR count). The Bertz CT molecular complexity index is 602. The predicted octanol–water partition coefficient (Wildman–Crippen LogP) is 2.63. The number of nitrogens with one attached hydrogen (secondary N) is 1. The summed E-state index contributed by atoms with van der Waals surface area (Å²) in [5.41, 5.74) is 1.17. The van der Waals surface area contributed by atoms with Crippen LogP contribution in [0.25, 0.3) is 0 Å². The summed E-state index contributed by atoms with van der Waals surface area (Å²) in [4.78, 5) is 12.0. The lowest BCUT2D eigenvalue weighted by Gasteiger charge is -2.14. The van der Waals surface area contributed by atoms with Crippen LogP contribution < -0.4 is 10.1 Å². The van der Waals surface area contributed by atoms with Crippen LogP contribution in [0.4, 0.5) is 0 Å². The largest absolute Gasteiger partial charge is 0.497 e. The maximum atomic E-state index is 12.0. The number of halogens is 1. The van der Waals surface area contributed by atoms with Crippen molar-refractivity contribution >= 4 is 17.5 Å². The van der Waals surface area contributed by atoms with Crippen LogP contribution in [0.1, 0.15) is 29.0 Å². The summed E-state index contributed by atoms with van der Waals surface area (Å²) in [6.45, 7) is 1.88. The van der Waals surface area contributed by atoms with Crippen molar-refractivity contribution in [2.45, 2.75) is 13.0 Å². The fraction of sp³-hybridized carbons (Fsp3) is 0.214.